The number of rotatable bonds is 3. The summed E-state index contributed by atoms with van der Waals surface area (Å²) in [4.78, 5) is 0.102. The van der Waals surface area contributed by atoms with E-state index in [1.807, 2.05) is 32.0 Å². The van der Waals surface area contributed by atoms with E-state index in [0.717, 1.165) is 17.5 Å². The minimum Gasteiger partial charge on any atom is -0.419 e. The Morgan fingerprint density at radius 2 is 2.18 bits per heavy atom. The zero-order valence-electron chi connectivity index (χ0n) is 9.58. The zero-order chi connectivity index (χ0) is 12.4. The van der Waals surface area contributed by atoms with Crippen molar-refractivity contribution in [3.05, 3.63) is 34.7 Å². The lowest BCUT2D eigenvalue weighted by Gasteiger charge is -2.00. The van der Waals surface area contributed by atoms with Gasteiger partial charge in [0.1, 0.15) is 0 Å². The highest BCUT2D eigenvalue weighted by Crippen LogP contribution is 2.29. The molecule has 90 valence electrons. The molecule has 1 atom stereocenters. The van der Waals surface area contributed by atoms with Gasteiger partial charge in [0, 0.05) is 10.6 Å². The average molecular weight is 316 g/mol. The third kappa shape index (κ3) is 2.69. The molecule has 0 saturated heterocycles. The molecule has 0 bridgehead atoms. The monoisotopic (exact) mass is 314 g/mol. The van der Waals surface area contributed by atoms with Gasteiger partial charge in [0.05, 0.1) is 4.83 Å². The molecular formula is C12H12BrClN2O. The summed E-state index contributed by atoms with van der Waals surface area (Å²) in [5.41, 5.74) is 1.87. The summed E-state index contributed by atoms with van der Waals surface area (Å²) in [7, 11) is 0. The van der Waals surface area contributed by atoms with E-state index in [0.29, 0.717) is 16.8 Å². The smallest absolute Gasteiger partial charge is 0.247 e. The number of aryl methyl sites for hydroxylation is 1. The Hall–Kier alpha value is -0.870. The molecule has 3 nitrogen and oxygen atoms in total. The lowest BCUT2D eigenvalue weighted by atomic mass is 10.1. The number of benzene rings is 1. The van der Waals surface area contributed by atoms with Gasteiger partial charge in [0.15, 0.2) is 0 Å². The Kier molecular flexibility index (Phi) is 3.84. The van der Waals surface area contributed by atoms with Crippen LogP contribution in [-0.4, -0.2) is 10.2 Å². The zero-order valence-corrected chi connectivity index (χ0v) is 11.9. The van der Waals surface area contributed by atoms with Crippen molar-refractivity contribution in [2.24, 2.45) is 0 Å². The van der Waals surface area contributed by atoms with Gasteiger partial charge in [-0.3, -0.25) is 0 Å². The number of hydrogen-bond acceptors (Lipinski definition) is 3. The maximum atomic E-state index is 6.06. The number of halogens is 2. The van der Waals surface area contributed by atoms with Crippen LogP contribution in [0.15, 0.2) is 22.6 Å². The summed E-state index contributed by atoms with van der Waals surface area (Å²) in [5.74, 6) is 1.10. The predicted octanol–water partition coefficient (Wildman–Crippen LogP) is 4.54. The van der Waals surface area contributed by atoms with Crippen LogP contribution in [0.1, 0.15) is 29.6 Å². The first-order valence-corrected chi connectivity index (χ1v) is 6.65. The number of hydrogen-bond donors (Lipinski definition) is 0. The van der Waals surface area contributed by atoms with Crippen molar-refractivity contribution in [1.29, 1.82) is 0 Å². The molecule has 0 aliphatic heterocycles. The van der Waals surface area contributed by atoms with Crippen LogP contribution >= 0.6 is 27.5 Å². The van der Waals surface area contributed by atoms with Crippen molar-refractivity contribution in [3.63, 3.8) is 0 Å². The molecule has 0 radical (unpaired) electrons. The van der Waals surface area contributed by atoms with E-state index >= 15 is 0 Å². The first kappa shape index (κ1) is 12.6. The summed E-state index contributed by atoms with van der Waals surface area (Å²) in [5, 5.41) is 8.73. The van der Waals surface area contributed by atoms with Gasteiger partial charge in [0.2, 0.25) is 11.8 Å². The van der Waals surface area contributed by atoms with Crippen LogP contribution in [0.25, 0.3) is 11.5 Å². The standard InChI is InChI=1S/C12H12BrClN2O/c1-3-9(13)12-16-15-11(17-12)8-5-4-7(2)10(14)6-8/h4-6,9H,3H2,1-2H3. The van der Waals surface area contributed by atoms with Crippen LogP contribution in [0.3, 0.4) is 0 Å². The Morgan fingerprint density at radius 1 is 1.41 bits per heavy atom. The van der Waals surface area contributed by atoms with E-state index in [4.69, 9.17) is 16.0 Å². The minimum atomic E-state index is 0.102. The topological polar surface area (TPSA) is 38.9 Å². The van der Waals surface area contributed by atoms with E-state index in [-0.39, 0.29) is 4.83 Å². The molecule has 0 N–H and O–H groups in total. The molecule has 2 rings (SSSR count). The minimum absolute atomic E-state index is 0.102. The molecular weight excluding hydrogens is 304 g/mol. The van der Waals surface area contributed by atoms with Crippen molar-refractivity contribution in [2.75, 3.05) is 0 Å². The van der Waals surface area contributed by atoms with Crippen LogP contribution in [0.4, 0.5) is 0 Å². The van der Waals surface area contributed by atoms with Crippen LogP contribution in [0, 0.1) is 6.92 Å². The molecule has 1 unspecified atom stereocenters. The predicted molar refractivity (Wildman–Crippen MR) is 71.4 cm³/mol. The highest BCUT2D eigenvalue weighted by atomic mass is 79.9. The van der Waals surface area contributed by atoms with Crippen molar-refractivity contribution in [1.82, 2.24) is 10.2 Å². The molecule has 0 amide bonds. The maximum Gasteiger partial charge on any atom is 0.247 e. The third-order valence-corrected chi connectivity index (χ3v) is 3.93. The maximum absolute atomic E-state index is 6.06. The summed E-state index contributed by atoms with van der Waals surface area (Å²) in [6.45, 7) is 4.00. The lowest BCUT2D eigenvalue weighted by Crippen LogP contribution is -1.86. The van der Waals surface area contributed by atoms with Gasteiger partial charge in [-0.15, -0.1) is 10.2 Å². The van der Waals surface area contributed by atoms with Gasteiger partial charge in [-0.25, -0.2) is 0 Å². The quantitative estimate of drug-likeness (QED) is 0.780. The second-order valence-electron chi connectivity index (χ2n) is 3.79. The second kappa shape index (κ2) is 5.19. The second-order valence-corrected chi connectivity index (χ2v) is 5.30. The van der Waals surface area contributed by atoms with Gasteiger partial charge in [-0.2, -0.15) is 0 Å². The molecule has 0 fully saturated rings. The number of aromatic nitrogens is 2. The van der Waals surface area contributed by atoms with Crippen LogP contribution in [-0.2, 0) is 0 Å². The molecule has 1 aromatic heterocycles. The van der Waals surface area contributed by atoms with E-state index in [1.165, 1.54) is 0 Å². The average Bonchev–Trinajstić information content (AvgIpc) is 2.81. The molecule has 17 heavy (non-hydrogen) atoms. The summed E-state index contributed by atoms with van der Waals surface area (Å²) in [6, 6.07) is 5.70. The van der Waals surface area contributed by atoms with Crippen molar-refractivity contribution in [3.8, 4) is 11.5 Å². The third-order valence-electron chi connectivity index (χ3n) is 2.49. The molecule has 0 spiro atoms. The van der Waals surface area contributed by atoms with Crippen LogP contribution < -0.4 is 0 Å². The Bertz CT molecular complexity index is 527. The molecule has 1 heterocycles. The summed E-state index contributed by atoms with van der Waals surface area (Å²) < 4.78 is 5.59. The van der Waals surface area contributed by atoms with E-state index in [2.05, 4.69) is 26.1 Å². The number of alkyl halides is 1. The Labute approximate surface area is 113 Å². The Balaban J connectivity index is 2.33. The largest absolute Gasteiger partial charge is 0.419 e. The van der Waals surface area contributed by atoms with Gasteiger partial charge in [0.25, 0.3) is 0 Å². The fraction of sp³-hybridized carbons (Fsp3) is 0.333. The Morgan fingerprint density at radius 3 is 2.82 bits per heavy atom. The van der Waals surface area contributed by atoms with Gasteiger partial charge >= 0.3 is 0 Å². The fourth-order valence-electron chi connectivity index (χ4n) is 1.38. The molecule has 5 heteroatoms. The van der Waals surface area contributed by atoms with E-state index in [1.54, 1.807) is 0 Å². The first-order valence-electron chi connectivity index (χ1n) is 5.35. The number of nitrogens with zero attached hydrogens (tertiary/aromatic N) is 2. The molecule has 0 aliphatic carbocycles. The normalized spacial score (nSPS) is 12.7. The van der Waals surface area contributed by atoms with Gasteiger partial charge in [-0.05, 0) is 31.0 Å². The van der Waals surface area contributed by atoms with Crippen LogP contribution in [0.2, 0.25) is 5.02 Å². The summed E-state index contributed by atoms with van der Waals surface area (Å²) in [6.07, 6.45) is 0.899. The molecule has 0 saturated carbocycles. The van der Waals surface area contributed by atoms with Crippen molar-refractivity contribution < 1.29 is 4.42 Å². The van der Waals surface area contributed by atoms with E-state index < -0.39 is 0 Å². The molecule has 1 aromatic carbocycles. The van der Waals surface area contributed by atoms with E-state index in [9.17, 15) is 0 Å². The highest BCUT2D eigenvalue weighted by molar-refractivity contribution is 9.09. The lowest BCUT2D eigenvalue weighted by molar-refractivity contribution is 0.500. The fourth-order valence-corrected chi connectivity index (χ4v) is 1.74. The highest BCUT2D eigenvalue weighted by Gasteiger charge is 2.15. The molecule has 2 aromatic rings. The SMILES string of the molecule is CCC(Br)c1nnc(-c2ccc(C)c(Cl)c2)o1. The van der Waals surface area contributed by atoms with Gasteiger partial charge < -0.3 is 4.42 Å². The first-order chi connectivity index (χ1) is 8.11. The van der Waals surface area contributed by atoms with Crippen molar-refractivity contribution in [2.45, 2.75) is 25.1 Å². The van der Waals surface area contributed by atoms with Crippen molar-refractivity contribution >= 4 is 27.5 Å². The molecule has 0 aliphatic rings. The van der Waals surface area contributed by atoms with Crippen LogP contribution in [0.5, 0.6) is 0 Å². The summed E-state index contributed by atoms with van der Waals surface area (Å²) >= 11 is 9.54. The van der Waals surface area contributed by atoms with Gasteiger partial charge in [-0.1, -0.05) is 40.5 Å².